The summed E-state index contributed by atoms with van der Waals surface area (Å²) in [5.74, 6) is -1.13. The predicted molar refractivity (Wildman–Crippen MR) is 134 cm³/mol. The van der Waals surface area contributed by atoms with E-state index >= 15 is 0 Å². The Labute approximate surface area is 216 Å². The van der Waals surface area contributed by atoms with E-state index in [0.717, 1.165) is 6.21 Å². The molecule has 1 saturated heterocycles. The zero-order chi connectivity index (χ0) is 26.0. The number of aliphatic carboxylic acids is 1. The number of nitrogens with zero attached hydrogens (tertiary/aromatic N) is 5. The van der Waals surface area contributed by atoms with E-state index in [9.17, 15) is 19.5 Å². The molecule has 2 aromatic heterocycles. The summed E-state index contributed by atoms with van der Waals surface area (Å²) in [6.07, 6.45) is 0.902. The fourth-order valence-corrected chi connectivity index (χ4v) is 6.32. The number of aromatic nitrogens is 3. The molecule has 0 bridgehead atoms. The fourth-order valence-electron chi connectivity index (χ4n) is 3.37. The first-order chi connectivity index (χ1) is 17.2. The van der Waals surface area contributed by atoms with E-state index in [4.69, 9.17) is 22.0 Å². The number of hydrogen-bond acceptors (Lipinski definition) is 13. The van der Waals surface area contributed by atoms with Gasteiger partial charge in [-0.3, -0.25) is 14.5 Å². The van der Waals surface area contributed by atoms with Crippen LogP contribution in [0.15, 0.2) is 32.9 Å². The van der Waals surface area contributed by atoms with Gasteiger partial charge in [-0.05, 0) is 5.57 Å². The number of thioether (sulfide) groups is 2. The van der Waals surface area contributed by atoms with E-state index in [-0.39, 0.29) is 24.0 Å². The summed E-state index contributed by atoms with van der Waals surface area (Å²) in [4.78, 5) is 51.4. The zero-order valence-corrected chi connectivity index (χ0v) is 21.2. The average molecular weight is 553 g/mol. The maximum absolute atomic E-state index is 12.8. The minimum atomic E-state index is -1.22. The molecule has 0 aromatic carbocycles. The number of nitrogens with one attached hydrogen (secondary N) is 1. The van der Waals surface area contributed by atoms with Crippen LogP contribution in [0.2, 0.25) is 0 Å². The molecule has 0 saturated carbocycles. The zero-order valence-electron chi connectivity index (χ0n) is 18.8. The topological polar surface area (TPSA) is 216 Å². The molecule has 0 spiro atoms. The van der Waals surface area contributed by atoms with Crippen molar-refractivity contribution in [2.75, 3.05) is 28.7 Å². The number of anilines is 3. The van der Waals surface area contributed by atoms with Crippen LogP contribution in [-0.2, 0) is 32.9 Å². The van der Waals surface area contributed by atoms with Crippen LogP contribution in [0.5, 0.6) is 0 Å². The highest BCUT2D eigenvalue weighted by atomic mass is 32.2. The molecule has 190 valence electrons. The Bertz CT molecular complexity index is 1260. The lowest BCUT2D eigenvalue weighted by Crippen LogP contribution is -2.70. The van der Waals surface area contributed by atoms with Crippen molar-refractivity contribution in [2.24, 2.45) is 12.2 Å². The molecule has 2 amide bonds. The molecule has 2 aliphatic rings. The summed E-state index contributed by atoms with van der Waals surface area (Å²) in [6, 6.07) is 0.755. The maximum Gasteiger partial charge on any atom is 0.352 e. The monoisotopic (exact) mass is 552 g/mol. The Morgan fingerprint density at radius 1 is 1.42 bits per heavy atom. The highest BCUT2D eigenvalue weighted by molar-refractivity contribution is 8.01. The van der Waals surface area contributed by atoms with Crippen molar-refractivity contribution in [3.05, 3.63) is 28.4 Å². The number of β-lactam (4-membered cyclic amide) rings is 1. The molecule has 14 nitrogen and oxygen atoms in total. The van der Waals surface area contributed by atoms with Crippen molar-refractivity contribution in [3.63, 3.8) is 0 Å². The lowest BCUT2D eigenvalue weighted by Gasteiger charge is -2.49. The third kappa shape index (κ3) is 5.31. The predicted octanol–water partition coefficient (Wildman–Crippen LogP) is -0.857. The summed E-state index contributed by atoms with van der Waals surface area (Å²) in [6.45, 7) is 0.0375. The van der Waals surface area contributed by atoms with Crippen LogP contribution in [0, 0.1) is 0 Å². The van der Waals surface area contributed by atoms with E-state index in [1.807, 2.05) is 0 Å². The van der Waals surface area contributed by atoms with Gasteiger partial charge in [0.25, 0.3) is 11.8 Å². The number of hydrogen-bond donors (Lipinski definition) is 5. The molecular weight excluding hydrogens is 530 g/mol. The number of oxime groups is 1. The van der Waals surface area contributed by atoms with Gasteiger partial charge < -0.3 is 32.5 Å². The highest BCUT2D eigenvalue weighted by Crippen LogP contribution is 2.41. The van der Waals surface area contributed by atoms with Crippen molar-refractivity contribution in [1.29, 1.82) is 0 Å². The smallest absolute Gasteiger partial charge is 0.352 e. The van der Waals surface area contributed by atoms with Gasteiger partial charge in [-0.15, -0.1) is 28.1 Å². The third-order valence-electron chi connectivity index (χ3n) is 5.20. The fraction of sp³-hybridized carbons (Fsp3) is 0.316. The second-order valence-corrected chi connectivity index (χ2v) is 10.6. The minimum absolute atomic E-state index is 0.0375. The van der Waals surface area contributed by atoms with Gasteiger partial charge in [0.1, 0.15) is 23.3 Å². The van der Waals surface area contributed by atoms with Crippen LogP contribution in [0.1, 0.15) is 5.69 Å². The van der Waals surface area contributed by atoms with Crippen LogP contribution >= 0.6 is 34.9 Å². The molecule has 4 rings (SSSR count). The first kappa shape index (κ1) is 25.5. The molecule has 0 radical (unpaired) electrons. The van der Waals surface area contributed by atoms with Gasteiger partial charge in [0.2, 0.25) is 0 Å². The SMILES string of the molecule is C[n+]1c(N)cc(SCC2=C(C(=O)O)N3C(=O)C(NC(=O)/C=N\OCc4csc(N)n4)C3SC2)nc1N. The minimum Gasteiger partial charge on any atom is -0.477 e. The van der Waals surface area contributed by atoms with Crippen LogP contribution in [0.4, 0.5) is 16.9 Å². The van der Waals surface area contributed by atoms with Crippen molar-refractivity contribution >= 4 is 75.8 Å². The maximum atomic E-state index is 12.8. The van der Waals surface area contributed by atoms with Crippen LogP contribution in [0.25, 0.3) is 0 Å². The number of amides is 2. The van der Waals surface area contributed by atoms with E-state index in [2.05, 4.69) is 20.4 Å². The number of fused-ring (bicyclic) bond motifs is 1. The molecule has 2 aromatic rings. The van der Waals surface area contributed by atoms with Crippen LogP contribution in [-0.4, -0.2) is 66.9 Å². The Morgan fingerprint density at radius 2 is 2.19 bits per heavy atom. The van der Waals surface area contributed by atoms with Gasteiger partial charge in [-0.1, -0.05) is 16.9 Å². The second kappa shape index (κ2) is 10.6. The molecule has 2 aliphatic heterocycles. The first-order valence-corrected chi connectivity index (χ1v) is 13.2. The summed E-state index contributed by atoms with van der Waals surface area (Å²) >= 11 is 3.88. The van der Waals surface area contributed by atoms with Crippen molar-refractivity contribution in [1.82, 2.24) is 20.2 Å². The van der Waals surface area contributed by atoms with Gasteiger partial charge in [-0.25, -0.2) is 14.3 Å². The van der Waals surface area contributed by atoms with Crippen LogP contribution in [0.3, 0.4) is 0 Å². The summed E-state index contributed by atoms with van der Waals surface area (Å²) < 4.78 is 1.52. The van der Waals surface area contributed by atoms with E-state index < -0.39 is 29.2 Å². The Hall–Kier alpha value is -3.57. The lowest BCUT2D eigenvalue weighted by molar-refractivity contribution is -0.645. The summed E-state index contributed by atoms with van der Waals surface area (Å²) in [5, 5.41) is 18.0. The van der Waals surface area contributed by atoms with Gasteiger partial charge in [-0.2, -0.15) is 0 Å². The number of thiazole rings is 1. The average Bonchev–Trinajstić information content (AvgIpc) is 3.26. The van der Waals surface area contributed by atoms with Gasteiger partial charge in [0, 0.05) is 23.0 Å². The standard InChI is InChI=1S/C19H21N9O5S3/c1-27-10(20)2-12(26-18(27)21)34-5-8-6-35-16-13(15(30)28(16)14(8)17(31)32)25-11(29)3-23-33-4-9-7-36-19(22)24-9/h2-3,7,13,16H,4-6H2,1H3,(H7,20,21,22,24,25,26,29,31,32)/p+1/b23-3-. The Kier molecular flexibility index (Phi) is 7.51. The summed E-state index contributed by atoms with van der Waals surface area (Å²) in [7, 11) is 1.68. The highest BCUT2D eigenvalue weighted by Gasteiger charge is 2.54. The van der Waals surface area contributed by atoms with Gasteiger partial charge in [0.05, 0.1) is 12.7 Å². The molecule has 2 atom stereocenters. The molecule has 4 heterocycles. The molecule has 2 unspecified atom stereocenters. The lowest BCUT2D eigenvalue weighted by atomic mass is 10.0. The molecule has 36 heavy (non-hydrogen) atoms. The van der Waals surface area contributed by atoms with Crippen LogP contribution < -0.4 is 27.1 Å². The first-order valence-electron chi connectivity index (χ1n) is 10.3. The van der Waals surface area contributed by atoms with Gasteiger partial charge in [0.15, 0.2) is 22.6 Å². The molecular formula is C19H22N9O5S3+. The van der Waals surface area contributed by atoms with E-state index in [1.165, 1.54) is 44.3 Å². The number of carboxylic acids is 1. The molecule has 1 fully saturated rings. The number of carbonyl (C=O) groups is 3. The van der Waals surface area contributed by atoms with Crippen molar-refractivity contribution in [3.8, 4) is 0 Å². The largest absolute Gasteiger partial charge is 0.477 e. The third-order valence-corrected chi connectivity index (χ3v) is 8.26. The van der Waals surface area contributed by atoms with Gasteiger partial charge >= 0.3 is 11.9 Å². The normalized spacial score (nSPS) is 19.2. The number of nitrogens with two attached hydrogens (primary N) is 3. The number of carbonyl (C=O) groups excluding carboxylic acids is 2. The number of carboxylic acid groups (broad SMARTS) is 1. The Morgan fingerprint density at radius 3 is 2.86 bits per heavy atom. The van der Waals surface area contributed by atoms with E-state index in [0.29, 0.717) is 33.0 Å². The summed E-state index contributed by atoms with van der Waals surface area (Å²) in [5.41, 5.74) is 18.3. The quantitative estimate of drug-likeness (QED) is 0.0641. The second-order valence-electron chi connectivity index (χ2n) is 7.56. The molecule has 17 heteroatoms. The van der Waals surface area contributed by atoms with Crippen molar-refractivity contribution in [2.45, 2.75) is 23.0 Å². The molecule has 8 N–H and O–H groups in total. The van der Waals surface area contributed by atoms with Crippen molar-refractivity contribution < 1.29 is 28.9 Å². The molecule has 0 aliphatic carbocycles. The van der Waals surface area contributed by atoms with E-state index in [1.54, 1.807) is 18.5 Å². The Balaban J connectivity index is 1.36. The number of rotatable bonds is 9. The number of nitrogen functional groups attached to an aromatic ring is 3.